The Labute approximate surface area is 128 Å². The molecule has 0 fully saturated rings. The van der Waals surface area contributed by atoms with Crippen molar-refractivity contribution in [1.29, 1.82) is 0 Å². The molecule has 2 aromatic rings. The number of hydrogen-bond donors (Lipinski definition) is 2. The Hall–Kier alpha value is -2.69. The van der Waals surface area contributed by atoms with Crippen LogP contribution in [0, 0.1) is 19.7 Å². The fraction of sp³-hybridized carbons (Fsp3) is 0.176. The van der Waals surface area contributed by atoms with Crippen LogP contribution in [0.2, 0.25) is 0 Å². The van der Waals surface area contributed by atoms with Gasteiger partial charge in [-0.25, -0.2) is 4.39 Å². The number of nitrogens with one attached hydrogen (secondary N) is 2. The van der Waals surface area contributed by atoms with E-state index in [1.165, 1.54) is 24.3 Å². The summed E-state index contributed by atoms with van der Waals surface area (Å²) in [5.41, 5.74) is 3.18. The zero-order valence-electron chi connectivity index (χ0n) is 12.4. The van der Waals surface area contributed by atoms with Crippen molar-refractivity contribution in [2.24, 2.45) is 0 Å². The number of benzene rings is 2. The second kappa shape index (κ2) is 6.85. The lowest BCUT2D eigenvalue weighted by atomic mass is 10.1. The summed E-state index contributed by atoms with van der Waals surface area (Å²) >= 11 is 0. The Morgan fingerprint density at radius 2 is 1.36 bits per heavy atom. The Bertz CT molecular complexity index is 676. The Morgan fingerprint density at radius 3 is 1.91 bits per heavy atom. The number of aryl methyl sites for hydroxylation is 2. The van der Waals surface area contributed by atoms with Crippen molar-refractivity contribution in [2.45, 2.75) is 20.3 Å². The smallest absolute Gasteiger partial charge is 0.233 e. The number of hydrogen-bond acceptors (Lipinski definition) is 2. The van der Waals surface area contributed by atoms with Crippen LogP contribution in [-0.4, -0.2) is 11.8 Å². The zero-order valence-corrected chi connectivity index (χ0v) is 12.4. The second-order valence-electron chi connectivity index (χ2n) is 5.16. The van der Waals surface area contributed by atoms with E-state index >= 15 is 0 Å². The predicted molar refractivity (Wildman–Crippen MR) is 84.2 cm³/mol. The van der Waals surface area contributed by atoms with Crippen molar-refractivity contribution in [3.8, 4) is 0 Å². The van der Waals surface area contributed by atoms with Crippen molar-refractivity contribution in [3.05, 3.63) is 59.4 Å². The lowest BCUT2D eigenvalue weighted by Crippen LogP contribution is -2.21. The van der Waals surface area contributed by atoms with Crippen molar-refractivity contribution in [1.82, 2.24) is 0 Å². The quantitative estimate of drug-likeness (QED) is 0.850. The summed E-state index contributed by atoms with van der Waals surface area (Å²) in [6, 6.07) is 11.0. The highest BCUT2D eigenvalue weighted by Gasteiger charge is 2.10. The van der Waals surface area contributed by atoms with Gasteiger partial charge < -0.3 is 10.6 Å². The molecule has 0 atom stereocenters. The largest absolute Gasteiger partial charge is 0.326 e. The highest BCUT2D eigenvalue weighted by Crippen LogP contribution is 2.14. The number of carbonyl (C=O) groups is 2. The molecule has 2 amide bonds. The molecule has 0 spiro atoms. The Kier molecular flexibility index (Phi) is 4.88. The molecule has 0 aliphatic carbocycles. The topological polar surface area (TPSA) is 58.2 Å². The first-order chi connectivity index (χ1) is 10.4. The van der Waals surface area contributed by atoms with Gasteiger partial charge >= 0.3 is 0 Å². The molecule has 22 heavy (non-hydrogen) atoms. The van der Waals surface area contributed by atoms with E-state index in [0.717, 1.165) is 11.1 Å². The van der Waals surface area contributed by atoms with E-state index in [0.29, 0.717) is 11.4 Å². The maximum Gasteiger partial charge on any atom is 0.233 e. The molecule has 2 aromatic carbocycles. The third-order valence-electron chi connectivity index (χ3n) is 2.95. The molecular weight excluding hydrogens is 283 g/mol. The summed E-state index contributed by atoms with van der Waals surface area (Å²) in [5, 5.41) is 5.23. The van der Waals surface area contributed by atoms with Crippen LogP contribution in [0.25, 0.3) is 0 Å². The molecule has 0 radical (unpaired) electrons. The van der Waals surface area contributed by atoms with Crippen molar-refractivity contribution >= 4 is 23.2 Å². The van der Waals surface area contributed by atoms with E-state index in [4.69, 9.17) is 0 Å². The molecule has 2 rings (SSSR count). The number of rotatable bonds is 4. The number of carbonyl (C=O) groups excluding carboxylic acids is 2. The van der Waals surface area contributed by atoms with Crippen LogP contribution in [0.4, 0.5) is 15.8 Å². The molecule has 4 nitrogen and oxygen atoms in total. The van der Waals surface area contributed by atoms with E-state index in [-0.39, 0.29) is 12.2 Å². The van der Waals surface area contributed by atoms with Gasteiger partial charge in [0.2, 0.25) is 11.8 Å². The first kappa shape index (κ1) is 15.7. The molecule has 2 N–H and O–H groups in total. The van der Waals surface area contributed by atoms with Gasteiger partial charge in [0.25, 0.3) is 0 Å². The maximum atomic E-state index is 12.8. The summed E-state index contributed by atoms with van der Waals surface area (Å²) in [6.07, 6.45) is -0.301. The minimum Gasteiger partial charge on any atom is -0.326 e. The monoisotopic (exact) mass is 300 g/mol. The number of halogens is 1. The van der Waals surface area contributed by atoms with E-state index in [9.17, 15) is 14.0 Å². The van der Waals surface area contributed by atoms with E-state index < -0.39 is 11.8 Å². The lowest BCUT2D eigenvalue weighted by molar-refractivity contribution is -0.123. The van der Waals surface area contributed by atoms with Crippen molar-refractivity contribution in [3.63, 3.8) is 0 Å². The molecule has 0 aliphatic rings. The third kappa shape index (κ3) is 4.70. The fourth-order valence-corrected chi connectivity index (χ4v) is 2.14. The minimum atomic E-state index is -0.450. The third-order valence-corrected chi connectivity index (χ3v) is 2.95. The van der Waals surface area contributed by atoms with Crippen molar-refractivity contribution in [2.75, 3.05) is 10.6 Å². The van der Waals surface area contributed by atoms with Crippen LogP contribution < -0.4 is 10.6 Å². The summed E-state index contributed by atoms with van der Waals surface area (Å²) in [4.78, 5) is 23.6. The second-order valence-corrected chi connectivity index (χ2v) is 5.16. The van der Waals surface area contributed by atoms with Crippen molar-refractivity contribution < 1.29 is 14.0 Å². The molecule has 0 unspecified atom stereocenters. The predicted octanol–water partition coefficient (Wildman–Crippen LogP) is 3.41. The molecule has 0 aromatic heterocycles. The van der Waals surface area contributed by atoms with Gasteiger partial charge in [-0.15, -0.1) is 0 Å². The van der Waals surface area contributed by atoms with Gasteiger partial charge in [-0.3, -0.25) is 9.59 Å². The molecule has 5 heteroatoms. The van der Waals surface area contributed by atoms with Gasteiger partial charge in [0, 0.05) is 11.4 Å². The lowest BCUT2D eigenvalue weighted by Gasteiger charge is -2.08. The van der Waals surface area contributed by atoms with E-state index in [1.54, 1.807) is 0 Å². The first-order valence-corrected chi connectivity index (χ1v) is 6.86. The number of amides is 2. The summed E-state index contributed by atoms with van der Waals surface area (Å²) in [6.45, 7) is 3.87. The molecule has 0 aliphatic heterocycles. The highest BCUT2D eigenvalue weighted by atomic mass is 19.1. The van der Waals surface area contributed by atoms with Gasteiger partial charge in [-0.2, -0.15) is 0 Å². The molecule has 0 heterocycles. The van der Waals surface area contributed by atoms with Gasteiger partial charge in [0.1, 0.15) is 12.2 Å². The normalized spacial score (nSPS) is 10.1. The molecular formula is C17H17FN2O2. The van der Waals surface area contributed by atoms with E-state index in [1.807, 2.05) is 32.0 Å². The van der Waals surface area contributed by atoms with Gasteiger partial charge in [-0.1, -0.05) is 6.07 Å². The van der Waals surface area contributed by atoms with Crippen LogP contribution in [0.15, 0.2) is 42.5 Å². The standard InChI is InChI=1S/C17H17FN2O2/c1-11-7-12(2)9-15(8-11)20-17(22)10-16(21)19-14-5-3-13(18)4-6-14/h3-9H,10H2,1-2H3,(H,19,21)(H,20,22). The average Bonchev–Trinajstić information content (AvgIpc) is 2.39. The highest BCUT2D eigenvalue weighted by molar-refractivity contribution is 6.08. The summed E-state index contributed by atoms with van der Waals surface area (Å²) < 4.78 is 12.8. The fourth-order valence-electron chi connectivity index (χ4n) is 2.14. The average molecular weight is 300 g/mol. The Morgan fingerprint density at radius 1 is 0.864 bits per heavy atom. The van der Waals surface area contributed by atoms with Crippen LogP contribution in [0.1, 0.15) is 17.5 Å². The molecule has 0 saturated heterocycles. The van der Waals surface area contributed by atoms with Gasteiger partial charge in [0.15, 0.2) is 0 Å². The summed E-state index contributed by atoms with van der Waals surface area (Å²) in [7, 11) is 0. The van der Waals surface area contributed by atoms with Crippen LogP contribution in [0.5, 0.6) is 0 Å². The van der Waals surface area contributed by atoms with Gasteiger partial charge in [-0.05, 0) is 61.4 Å². The zero-order chi connectivity index (χ0) is 16.1. The first-order valence-electron chi connectivity index (χ1n) is 6.86. The van der Waals surface area contributed by atoms with Crippen LogP contribution in [-0.2, 0) is 9.59 Å². The Balaban J connectivity index is 1.91. The minimum absolute atomic E-state index is 0.301. The SMILES string of the molecule is Cc1cc(C)cc(NC(=O)CC(=O)Nc2ccc(F)cc2)c1. The summed E-state index contributed by atoms with van der Waals surface area (Å²) in [5.74, 6) is -1.23. The molecule has 0 saturated carbocycles. The van der Waals surface area contributed by atoms with Crippen LogP contribution in [0.3, 0.4) is 0 Å². The van der Waals surface area contributed by atoms with Gasteiger partial charge in [0.05, 0.1) is 0 Å². The van der Waals surface area contributed by atoms with Crippen LogP contribution >= 0.6 is 0 Å². The maximum absolute atomic E-state index is 12.8. The molecule has 114 valence electrons. The van der Waals surface area contributed by atoms with E-state index in [2.05, 4.69) is 10.6 Å². The number of anilines is 2. The molecule has 0 bridgehead atoms.